The summed E-state index contributed by atoms with van der Waals surface area (Å²) in [5.41, 5.74) is 4.38. The first kappa shape index (κ1) is 19.3. The second-order valence-electron chi connectivity index (χ2n) is 5.98. The Bertz CT molecular complexity index is 897. The minimum absolute atomic E-state index is 0.526. The number of anilines is 1. The fraction of sp³-hybridized carbons (Fsp3) is 0.143. The van der Waals surface area contributed by atoms with Gasteiger partial charge >= 0.3 is 0 Å². The lowest BCUT2D eigenvalue weighted by Gasteiger charge is -2.15. The van der Waals surface area contributed by atoms with Crippen LogP contribution in [0.3, 0.4) is 0 Å². The third-order valence-electron chi connectivity index (χ3n) is 4.00. The van der Waals surface area contributed by atoms with Gasteiger partial charge in [0.05, 0.1) is 0 Å². The molecule has 5 heteroatoms. The van der Waals surface area contributed by atoms with E-state index in [2.05, 4.69) is 62.3 Å². The highest BCUT2D eigenvalue weighted by Gasteiger charge is 2.07. The number of hydrogen-bond donors (Lipinski definition) is 1. The number of nitrogens with one attached hydrogen (secondary N) is 1. The van der Waals surface area contributed by atoms with Crippen molar-refractivity contribution in [2.75, 3.05) is 5.32 Å². The van der Waals surface area contributed by atoms with Crippen LogP contribution in [-0.2, 0) is 13.2 Å². The molecular weight excluding hydrogens is 477 g/mol. The van der Waals surface area contributed by atoms with Gasteiger partial charge in [0.25, 0.3) is 0 Å². The second-order valence-corrected chi connectivity index (χ2v) is 8.25. The van der Waals surface area contributed by atoms with Crippen molar-refractivity contribution >= 4 is 49.1 Å². The molecule has 0 heterocycles. The normalized spacial score (nSPS) is 10.6. The average molecular weight is 496 g/mol. The SMILES string of the molecule is Cc1ccc(Cl)cc1NCc1cc(Br)ccc1OCc1ccc(Br)cc1. The third kappa shape index (κ3) is 5.26. The van der Waals surface area contributed by atoms with E-state index in [1.165, 1.54) is 0 Å². The molecule has 0 saturated heterocycles. The summed E-state index contributed by atoms with van der Waals surface area (Å²) in [5, 5.41) is 4.17. The van der Waals surface area contributed by atoms with E-state index in [0.29, 0.717) is 13.2 Å². The summed E-state index contributed by atoms with van der Waals surface area (Å²) >= 11 is 13.1. The Labute approximate surface area is 175 Å². The van der Waals surface area contributed by atoms with E-state index in [9.17, 15) is 0 Å². The Morgan fingerprint density at radius 3 is 2.42 bits per heavy atom. The monoisotopic (exact) mass is 493 g/mol. The summed E-state index contributed by atoms with van der Waals surface area (Å²) in [6, 6.07) is 20.0. The van der Waals surface area contributed by atoms with Crippen molar-refractivity contribution in [2.45, 2.75) is 20.1 Å². The maximum Gasteiger partial charge on any atom is 0.124 e. The van der Waals surface area contributed by atoms with Crippen molar-refractivity contribution in [3.63, 3.8) is 0 Å². The van der Waals surface area contributed by atoms with Gasteiger partial charge in [0.15, 0.2) is 0 Å². The molecule has 2 nitrogen and oxygen atoms in total. The number of ether oxygens (including phenoxy) is 1. The molecule has 0 radical (unpaired) electrons. The minimum atomic E-state index is 0.526. The van der Waals surface area contributed by atoms with Gasteiger partial charge in [-0.05, 0) is 60.5 Å². The summed E-state index contributed by atoms with van der Waals surface area (Å²) in [6.07, 6.45) is 0. The van der Waals surface area contributed by atoms with Crippen LogP contribution in [0, 0.1) is 6.92 Å². The molecule has 3 aromatic carbocycles. The van der Waals surface area contributed by atoms with E-state index in [4.69, 9.17) is 16.3 Å². The number of benzene rings is 3. The summed E-state index contributed by atoms with van der Waals surface area (Å²) < 4.78 is 8.14. The van der Waals surface area contributed by atoms with Gasteiger partial charge in [-0.15, -0.1) is 0 Å². The van der Waals surface area contributed by atoms with Crippen LogP contribution in [0.5, 0.6) is 5.75 Å². The van der Waals surface area contributed by atoms with Crippen molar-refractivity contribution in [2.24, 2.45) is 0 Å². The number of halogens is 3. The molecule has 0 unspecified atom stereocenters. The topological polar surface area (TPSA) is 21.3 Å². The molecular formula is C21H18Br2ClNO. The van der Waals surface area contributed by atoms with E-state index in [1.54, 1.807) is 0 Å². The average Bonchev–Trinajstić information content (AvgIpc) is 2.63. The smallest absolute Gasteiger partial charge is 0.124 e. The van der Waals surface area contributed by atoms with Gasteiger partial charge in [0.2, 0.25) is 0 Å². The van der Waals surface area contributed by atoms with Crippen LogP contribution < -0.4 is 10.1 Å². The zero-order valence-electron chi connectivity index (χ0n) is 14.2. The van der Waals surface area contributed by atoms with Crippen LogP contribution in [0.15, 0.2) is 69.6 Å². The molecule has 1 N–H and O–H groups in total. The largest absolute Gasteiger partial charge is 0.489 e. The fourth-order valence-corrected chi connectivity index (χ4v) is 3.39. The van der Waals surface area contributed by atoms with E-state index in [1.807, 2.05) is 42.5 Å². The van der Waals surface area contributed by atoms with E-state index in [-0.39, 0.29) is 0 Å². The molecule has 0 saturated carbocycles. The first-order chi connectivity index (χ1) is 12.5. The van der Waals surface area contributed by atoms with Crippen LogP contribution in [0.1, 0.15) is 16.7 Å². The molecule has 0 amide bonds. The van der Waals surface area contributed by atoms with E-state index in [0.717, 1.165) is 42.1 Å². The second kappa shape index (κ2) is 8.94. The molecule has 0 aliphatic rings. The van der Waals surface area contributed by atoms with E-state index >= 15 is 0 Å². The number of hydrogen-bond acceptors (Lipinski definition) is 2. The highest BCUT2D eigenvalue weighted by Crippen LogP contribution is 2.27. The molecule has 3 rings (SSSR count). The predicted molar refractivity (Wildman–Crippen MR) is 116 cm³/mol. The summed E-state index contributed by atoms with van der Waals surface area (Å²) in [6.45, 7) is 3.24. The molecule has 0 aliphatic carbocycles. The summed E-state index contributed by atoms with van der Waals surface area (Å²) in [5.74, 6) is 0.864. The van der Waals surface area contributed by atoms with Gasteiger partial charge in [0.1, 0.15) is 12.4 Å². The molecule has 0 bridgehead atoms. The third-order valence-corrected chi connectivity index (χ3v) is 5.26. The van der Waals surface area contributed by atoms with Gasteiger partial charge in [-0.2, -0.15) is 0 Å². The Morgan fingerprint density at radius 1 is 0.923 bits per heavy atom. The maximum atomic E-state index is 6.11. The van der Waals surface area contributed by atoms with Gasteiger partial charge in [-0.25, -0.2) is 0 Å². The quantitative estimate of drug-likeness (QED) is 0.386. The zero-order chi connectivity index (χ0) is 18.5. The van der Waals surface area contributed by atoms with Crippen LogP contribution in [0.4, 0.5) is 5.69 Å². The van der Waals surface area contributed by atoms with Gasteiger partial charge in [-0.1, -0.05) is 61.7 Å². The lowest BCUT2D eigenvalue weighted by atomic mass is 10.1. The predicted octanol–water partition coefficient (Wildman–Crippen LogP) is 7.36. The Hall–Kier alpha value is -1.49. The van der Waals surface area contributed by atoms with Gasteiger partial charge in [0, 0.05) is 31.8 Å². The number of rotatable bonds is 6. The van der Waals surface area contributed by atoms with Crippen molar-refractivity contribution in [1.29, 1.82) is 0 Å². The van der Waals surface area contributed by atoms with Crippen LogP contribution in [0.2, 0.25) is 5.02 Å². The first-order valence-electron chi connectivity index (χ1n) is 8.17. The summed E-state index contributed by atoms with van der Waals surface area (Å²) in [4.78, 5) is 0. The van der Waals surface area contributed by atoms with Crippen LogP contribution in [0.25, 0.3) is 0 Å². The molecule has 0 atom stereocenters. The van der Waals surface area contributed by atoms with Crippen LogP contribution >= 0.6 is 43.5 Å². The molecule has 26 heavy (non-hydrogen) atoms. The Balaban J connectivity index is 1.73. The van der Waals surface area contributed by atoms with Crippen molar-refractivity contribution < 1.29 is 4.74 Å². The van der Waals surface area contributed by atoms with Gasteiger partial charge < -0.3 is 10.1 Å². The van der Waals surface area contributed by atoms with Crippen LogP contribution in [-0.4, -0.2) is 0 Å². The lowest BCUT2D eigenvalue weighted by Crippen LogP contribution is -2.05. The molecule has 0 spiro atoms. The summed E-state index contributed by atoms with van der Waals surface area (Å²) in [7, 11) is 0. The zero-order valence-corrected chi connectivity index (χ0v) is 18.2. The van der Waals surface area contributed by atoms with E-state index < -0.39 is 0 Å². The molecule has 134 valence electrons. The molecule has 3 aromatic rings. The molecule has 0 fully saturated rings. The lowest BCUT2D eigenvalue weighted by molar-refractivity contribution is 0.303. The minimum Gasteiger partial charge on any atom is -0.489 e. The number of aryl methyl sites for hydroxylation is 1. The molecule has 0 aromatic heterocycles. The highest BCUT2D eigenvalue weighted by atomic mass is 79.9. The first-order valence-corrected chi connectivity index (χ1v) is 10.1. The Kier molecular flexibility index (Phi) is 6.63. The van der Waals surface area contributed by atoms with Crippen molar-refractivity contribution in [1.82, 2.24) is 0 Å². The molecule has 0 aliphatic heterocycles. The fourth-order valence-electron chi connectivity index (χ4n) is 2.54. The highest BCUT2D eigenvalue weighted by molar-refractivity contribution is 9.10. The standard InChI is InChI=1S/C21H18Br2ClNO/c1-14-2-8-19(24)11-20(14)25-12-16-10-18(23)7-9-21(16)26-13-15-3-5-17(22)6-4-15/h2-11,25H,12-13H2,1H3. The van der Waals surface area contributed by atoms with Crippen molar-refractivity contribution in [3.8, 4) is 5.75 Å². The van der Waals surface area contributed by atoms with Crippen molar-refractivity contribution in [3.05, 3.63) is 91.3 Å². The Morgan fingerprint density at radius 2 is 1.65 bits per heavy atom. The maximum absolute atomic E-state index is 6.11. The van der Waals surface area contributed by atoms with Gasteiger partial charge in [-0.3, -0.25) is 0 Å².